The van der Waals surface area contributed by atoms with E-state index in [0.29, 0.717) is 12.1 Å². The van der Waals surface area contributed by atoms with Gasteiger partial charge in [-0.2, -0.15) is 0 Å². The first-order valence-electron chi connectivity index (χ1n) is 11.5. The molecule has 1 atom stereocenters. The Morgan fingerprint density at radius 3 is 2.11 bits per heavy atom. The number of para-hydroxylation sites is 1. The first kappa shape index (κ1) is 26.0. The van der Waals surface area contributed by atoms with Gasteiger partial charge in [0.2, 0.25) is 11.8 Å². The number of benzene rings is 3. The molecule has 0 saturated carbocycles. The Labute approximate surface area is 207 Å². The van der Waals surface area contributed by atoms with E-state index in [4.69, 9.17) is 0 Å². The van der Waals surface area contributed by atoms with Gasteiger partial charge in [-0.05, 0) is 43.2 Å². The molecular weight excluding hydrogens is 462 g/mol. The van der Waals surface area contributed by atoms with Crippen molar-refractivity contribution in [3.05, 3.63) is 96.1 Å². The summed E-state index contributed by atoms with van der Waals surface area (Å²) in [6.45, 7) is 3.52. The smallest absolute Gasteiger partial charge is 0.264 e. The minimum atomic E-state index is -4.04. The van der Waals surface area contributed by atoms with Crippen LogP contribution in [0.5, 0.6) is 0 Å². The van der Waals surface area contributed by atoms with Gasteiger partial charge in [-0.15, -0.1) is 0 Å². The highest BCUT2D eigenvalue weighted by Gasteiger charge is 2.33. The van der Waals surface area contributed by atoms with Gasteiger partial charge in [0.15, 0.2) is 0 Å². The summed E-state index contributed by atoms with van der Waals surface area (Å²) in [6.07, 6.45) is 0.383. The molecule has 0 heterocycles. The number of nitrogens with zero attached hydrogens (tertiary/aromatic N) is 2. The number of carbonyl (C=O) groups excluding carboxylic acids is 2. The summed E-state index contributed by atoms with van der Waals surface area (Å²) in [6, 6.07) is 23.5. The molecular formula is C27H31N3O4S. The fourth-order valence-electron chi connectivity index (χ4n) is 3.94. The van der Waals surface area contributed by atoms with Crippen LogP contribution in [0.15, 0.2) is 89.8 Å². The highest BCUT2D eigenvalue weighted by Crippen LogP contribution is 2.24. The van der Waals surface area contributed by atoms with Crippen molar-refractivity contribution in [1.82, 2.24) is 10.2 Å². The largest absolute Gasteiger partial charge is 0.357 e. The van der Waals surface area contributed by atoms with Gasteiger partial charge >= 0.3 is 0 Å². The molecule has 0 spiro atoms. The number of amides is 2. The van der Waals surface area contributed by atoms with Crippen LogP contribution in [-0.4, -0.2) is 44.8 Å². The van der Waals surface area contributed by atoms with E-state index in [2.05, 4.69) is 5.32 Å². The maximum absolute atomic E-state index is 13.8. The lowest BCUT2D eigenvalue weighted by Gasteiger charge is -2.33. The van der Waals surface area contributed by atoms with Gasteiger partial charge in [0.1, 0.15) is 12.6 Å². The molecule has 0 bridgehead atoms. The summed E-state index contributed by atoms with van der Waals surface area (Å²) >= 11 is 0. The van der Waals surface area contributed by atoms with Crippen LogP contribution in [-0.2, 0) is 26.2 Å². The first-order chi connectivity index (χ1) is 16.8. The Kier molecular flexibility index (Phi) is 8.65. The first-order valence-corrected chi connectivity index (χ1v) is 12.9. The summed E-state index contributed by atoms with van der Waals surface area (Å²) in [5.74, 6) is -0.768. The van der Waals surface area contributed by atoms with Crippen LogP contribution in [0, 0.1) is 6.92 Å². The van der Waals surface area contributed by atoms with Gasteiger partial charge in [-0.25, -0.2) is 8.42 Å². The van der Waals surface area contributed by atoms with E-state index in [1.165, 1.54) is 24.1 Å². The van der Waals surface area contributed by atoms with E-state index < -0.39 is 28.5 Å². The number of hydrogen-bond acceptors (Lipinski definition) is 4. The number of hydrogen-bond donors (Lipinski definition) is 1. The Bertz CT molecular complexity index is 1250. The SMILES string of the molecule is CC[C@H](C(=O)NC)N(Cc1cccc(C)c1)C(=O)CN(c1ccccc1)S(=O)(=O)c1ccccc1. The molecule has 0 aliphatic heterocycles. The van der Waals surface area contributed by atoms with Gasteiger partial charge in [0.25, 0.3) is 10.0 Å². The fraction of sp³-hybridized carbons (Fsp3) is 0.259. The zero-order valence-electron chi connectivity index (χ0n) is 20.2. The van der Waals surface area contributed by atoms with Crippen molar-refractivity contribution in [3.8, 4) is 0 Å². The number of anilines is 1. The second-order valence-corrected chi connectivity index (χ2v) is 10.1. The molecule has 184 valence electrons. The molecule has 0 saturated heterocycles. The third-order valence-electron chi connectivity index (χ3n) is 5.72. The Morgan fingerprint density at radius 1 is 0.914 bits per heavy atom. The second kappa shape index (κ2) is 11.7. The Hall–Kier alpha value is -3.65. The lowest BCUT2D eigenvalue weighted by Crippen LogP contribution is -2.51. The number of likely N-dealkylation sites (N-methyl/N-ethyl adjacent to an activating group) is 1. The van der Waals surface area contributed by atoms with Gasteiger partial charge < -0.3 is 10.2 Å². The lowest BCUT2D eigenvalue weighted by atomic mass is 10.1. The predicted molar refractivity (Wildman–Crippen MR) is 137 cm³/mol. The predicted octanol–water partition coefficient (Wildman–Crippen LogP) is 3.74. The van der Waals surface area contributed by atoms with Crippen molar-refractivity contribution in [3.63, 3.8) is 0 Å². The molecule has 0 aliphatic rings. The molecule has 0 radical (unpaired) electrons. The van der Waals surface area contributed by atoms with E-state index >= 15 is 0 Å². The standard InChI is InChI=1S/C27H31N3O4S/c1-4-25(27(32)28-3)29(19-22-13-11-12-21(2)18-22)26(31)20-30(23-14-7-5-8-15-23)35(33,34)24-16-9-6-10-17-24/h5-18,25H,4,19-20H2,1-3H3,(H,28,32)/t25-/m1/s1. The third kappa shape index (κ3) is 6.27. The van der Waals surface area contributed by atoms with Gasteiger partial charge in [-0.3, -0.25) is 13.9 Å². The molecule has 3 aromatic carbocycles. The minimum Gasteiger partial charge on any atom is -0.357 e. The van der Waals surface area contributed by atoms with Crippen molar-refractivity contribution < 1.29 is 18.0 Å². The molecule has 8 heteroatoms. The Balaban J connectivity index is 2.02. The molecule has 1 N–H and O–H groups in total. The van der Waals surface area contributed by atoms with Gasteiger partial charge in [0, 0.05) is 13.6 Å². The molecule has 3 rings (SSSR count). The van der Waals surface area contributed by atoms with Crippen LogP contribution >= 0.6 is 0 Å². The highest BCUT2D eigenvalue weighted by atomic mass is 32.2. The van der Waals surface area contributed by atoms with Crippen LogP contribution in [0.1, 0.15) is 24.5 Å². The summed E-state index contributed by atoms with van der Waals surface area (Å²) in [7, 11) is -2.51. The maximum atomic E-state index is 13.8. The van der Waals surface area contributed by atoms with Crippen molar-refractivity contribution in [2.24, 2.45) is 0 Å². The number of rotatable bonds is 10. The summed E-state index contributed by atoms with van der Waals surface area (Å²) in [5.41, 5.74) is 2.26. The zero-order valence-corrected chi connectivity index (χ0v) is 21.0. The lowest BCUT2D eigenvalue weighted by molar-refractivity contribution is -0.140. The van der Waals surface area contributed by atoms with Crippen LogP contribution < -0.4 is 9.62 Å². The zero-order chi connectivity index (χ0) is 25.4. The number of carbonyl (C=O) groups is 2. The van der Waals surface area contributed by atoms with Crippen molar-refractivity contribution >= 4 is 27.5 Å². The molecule has 0 aliphatic carbocycles. The Morgan fingerprint density at radius 2 is 1.54 bits per heavy atom. The number of nitrogens with one attached hydrogen (secondary N) is 1. The third-order valence-corrected chi connectivity index (χ3v) is 7.51. The minimum absolute atomic E-state index is 0.0835. The van der Waals surface area contributed by atoms with Gasteiger partial charge in [-0.1, -0.05) is 73.2 Å². The van der Waals surface area contributed by atoms with Crippen molar-refractivity contribution in [2.75, 3.05) is 17.9 Å². The van der Waals surface area contributed by atoms with Gasteiger partial charge in [0.05, 0.1) is 10.6 Å². The highest BCUT2D eigenvalue weighted by molar-refractivity contribution is 7.92. The van der Waals surface area contributed by atoms with E-state index in [-0.39, 0.29) is 17.3 Å². The summed E-state index contributed by atoms with van der Waals surface area (Å²) < 4.78 is 28.3. The molecule has 0 fully saturated rings. The number of sulfonamides is 1. The average Bonchev–Trinajstić information content (AvgIpc) is 2.87. The number of aryl methyl sites for hydroxylation is 1. The monoisotopic (exact) mass is 493 g/mol. The molecule has 2 amide bonds. The van der Waals surface area contributed by atoms with Crippen LogP contribution in [0.3, 0.4) is 0 Å². The summed E-state index contributed by atoms with van der Waals surface area (Å²) in [4.78, 5) is 28.0. The fourth-order valence-corrected chi connectivity index (χ4v) is 5.37. The second-order valence-electron chi connectivity index (χ2n) is 8.21. The topological polar surface area (TPSA) is 86.8 Å². The molecule has 0 unspecified atom stereocenters. The van der Waals surface area contributed by atoms with Crippen LogP contribution in [0.2, 0.25) is 0 Å². The maximum Gasteiger partial charge on any atom is 0.264 e. The molecule has 3 aromatic rings. The van der Waals surface area contributed by atoms with Crippen LogP contribution in [0.4, 0.5) is 5.69 Å². The van der Waals surface area contributed by atoms with E-state index in [1.807, 2.05) is 38.1 Å². The quantitative estimate of drug-likeness (QED) is 0.466. The van der Waals surface area contributed by atoms with E-state index in [0.717, 1.165) is 15.4 Å². The van der Waals surface area contributed by atoms with Crippen molar-refractivity contribution in [1.29, 1.82) is 0 Å². The van der Waals surface area contributed by atoms with E-state index in [1.54, 1.807) is 48.5 Å². The van der Waals surface area contributed by atoms with Crippen LogP contribution in [0.25, 0.3) is 0 Å². The van der Waals surface area contributed by atoms with E-state index in [9.17, 15) is 18.0 Å². The molecule has 35 heavy (non-hydrogen) atoms. The molecule has 7 nitrogen and oxygen atoms in total. The average molecular weight is 494 g/mol. The normalized spacial score (nSPS) is 12.0. The molecule has 0 aromatic heterocycles. The summed E-state index contributed by atoms with van der Waals surface area (Å²) in [5, 5.41) is 2.62. The van der Waals surface area contributed by atoms with Crippen molar-refractivity contribution in [2.45, 2.75) is 37.8 Å².